The second-order valence-electron chi connectivity index (χ2n) is 10.5. The molecule has 222 valence electrons. The topological polar surface area (TPSA) is 96.5 Å². The predicted octanol–water partition coefficient (Wildman–Crippen LogP) is 5.68. The Morgan fingerprint density at radius 1 is 1.09 bits per heavy atom. The molecule has 3 aromatic carbocycles. The van der Waals surface area contributed by atoms with Crippen LogP contribution in [0, 0.1) is 6.92 Å². The van der Waals surface area contributed by atoms with Crippen molar-refractivity contribution in [1.29, 1.82) is 0 Å². The average molecular weight is 608 g/mol. The summed E-state index contributed by atoms with van der Waals surface area (Å²) in [5.74, 6) is 0.278. The maximum atomic E-state index is 13.6. The standard InChI is InChI=1S/C31H28F3N5O3S/c1-18-27(36-29(43-18)35-26(40)16-19-4-11-24(42-3)12-5-19)22-8-13-25-21(17-22)14-15-39(25)28(41)20-6-9-23(10-7-20)30(31(32,33)34)37-38(30)2/h4-13,17,37H,14-16H2,1-3H3,(H,35,36,40). The highest BCUT2D eigenvalue weighted by molar-refractivity contribution is 7.16. The summed E-state index contributed by atoms with van der Waals surface area (Å²) in [4.78, 5) is 33.2. The van der Waals surface area contributed by atoms with Crippen molar-refractivity contribution in [3.8, 4) is 17.0 Å². The molecule has 2 aliphatic heterocycles. The molecule has 0 saturated carbocycles. The first-order valence-corrected chi connectivity index (χ1v) is 14.4. The number of aryl methyl sites for hydroxylation is 1. The minimum absolute atomic E-state index is 0.0282. The van der Waals surface area contributed by atoms with Crippen LogP contribution in [0.15, 0.2) is 66.7 Å². The van der Waals surface area contributed by atoms with Gasteiger partial charge < -0.3 is 15.0 Å². The van der Waals surface area contributed by atoms with Crippen molar-refractivity contribution in [3.05, 3.63) is 93.9 Å². The van der Waals surface area contributed by atoms with Gasteiger partial charge in [0, 0.05) is 35.3 Å². The summed E-state index contributed by atoms with van der Waals surface area (Å²) in [7, 11) is 2.92. The molecule has 0 spiro atoms. The fourth-order valence-electron chi connectivity index (χ4n) is 5.47. The first kappa shape index (κ1) is 28.8. The number of hydrazine groups is 1. The van der Waals surface area contributed by atoms with E-state index in [1.165, 1.54) is 42.6 Å². The van der Waals surface area contributed by atoms with E-state index in [4.69, 9.17) is 4.74 Å². The fraction of sp³-hybridized carbons (Fsp3) is 0.258. The van der Waals surface area contributed by atoms with Crippen LogP contribution in [-0.4, -0.2) is 48.7 Å². The second kappa shape index (κ2) is 10.8. The van der Waals surface area contributed by atoms with Gasteiger partial charge in [0.15, 0.2) is 5.13 Å². The maximum absolute atomic E-state index is 13.6. The number of alkyl halides is 3. The summed E-state index contributed by atoms with van der Waals surface area (Å²) < 4.78 is 46.1. The third-order valence-electron chi connectivity index (χ3n) is 7.80. The van der Waals surface area contributed by atoms with Crippen LogP contribution in [0.2, 0.25) is 0 Å². The molecule has 4 aromatic rings. The van der Waals surface area contributed by atoms with E-state index in [1.54, 1.807) is 12.0 Å². The number of nitrogens with zero attached hydrogens (tertiary/aromatic N) is 3. The van der Waals surface area contributed by atoms with Crippen molar-refractivity contribution in [2.24, 2.45) is 0 Å². The minimum Gasteiger partial charge on any atom is -0.497 e. The van der Waals surface area contributed by atoms with Crippen LogP contribution < -0.4 is 20.4 Å². The van der Waals surface area contributed by atoms with E-state index in [0.717, 1.165) is 43.7 Å². The minimum atomic E-state index is -4.50. The van der Waals surface area contributed by atoms with Gasteiger partial charge in [-0.1, -0.05) is 30.3 Å². The Balaban J connectivity index is 1.14. The van der Waals surface area contributed by atoms with Crippen LogP contribution in [-0.2, 0) is 23.3 Å². The molecule has 43 heavy (non-hydrogen) atoms. The van der Waals surface area contributed by atoms with E-state index >= 15 is 0 Å². The Kier molecular flexibility index (Phi) is 7.23. The van der Waals surface area contributed by atoms with E-state index in [1.807, 2.05) is 49.4 Å². The van der Waals surface area contributed by atoms with Crippen molar-refractivity contribution in [2.75, 3.05) is 30.9 Å². The number of carbonyl (C=O) groups is 2. The van der Waals surface area contributed by atoms with Crippen LogP contribution in [0.5, 0.6) is 5.75 Å². The fourth-order valence-corrected chi connectivity index (χ4v) is 6.32. The van der Waals surface area contributed by atoms with Crippen molar-refractivity contribution in [3.63, 3.8) is 0 Å². The Hall–Kier alpha value is -4.26. The number of anilines is 2. The Morgan fingerprint density at radius 3 is 2.42 bits per heavy atom. The maximum Gasteiger partial charge on any atom is 0.426 e. The lowest BCUT2D eigenvalue weighted by Crippen LogP contribution is -2.35. The zero-order valence-electron chi connectivity index (χ0n) is 23.6. The lowest BCUT2D eigenvalue weighted by molar-refractivity contribution is -0.174. The average Bonchev–Trinajstić information content (AvgIpc) is 3.32. The highest BCUT2D eigenvalue weighted by Crippen LogP contribution is 2.48. The molecule has 2 amide bonds. The predicted molar refractivity (Wildman–Crippen MR) is 158 cm³/mol. The van der Waals surface area contributed by atoms with E-state index < -0.39 is 11.8 Å². The third kappa shape index (κ3) is 5.26. The highest BCUT2D eigenvalue weighted by atomic mass is 32.1. The molecule has 0 bridgehead atoms. The molecular weight excluding hydrogens is 579 g/mol. The summed E-state index contributed by atoms with van der Waals surface area (Å²) >= 11 is 1.39. The van der Waals surface area contributed by atoms with Gasteiger partial charge in [-0.05, 0) is 66.4 Å². The number of ether oxygens (including phenoxy) is 1. The van der Waals surface area contributed by atoms with E-state index in [2.05, 4.69) is 15.7 Å². The number of fused-ring (bicyclic) bond motifs is 1. The van der Waals surface area contributed by atoms with E-state index in [9.17, 15) is 22.8 Å². The van der Waals surface area contributed by atoms with Gasteiger partial charge in [0.25, 0.3) is 5.91 Å². The van der Waals surface area contributed by atoms with Crippen molar-refractivity contribution < 1.29 is 27.5 Å². The second-order valence-corrected chi connectivity index (χ2v) is 11.7. The summed E-state index contributed by atoms with van der Waals surface area (Å²) in [5.41, 5.74) is 4.68. The number of nitrogens with one attached hydrogen (secondary N) is 2. The first-order chi connectivity index (χ1) is 20.5. The number of methoxy groups -OCH3 is 1. The number of hydrogen-bond acceptors (Lipinski definition) is 7. The van der Waals surface area contributed by atoms with Crippen LogP contribution in [0.4, 0.5) is 24.0 Å². The first-order valence-electron chi connectivity index (χ1n) is 13.5. The van der Waals surface area contributed by atoms with Crippen LogP contribution in [0.1, 0.15) is 31.9 Å². The number of amides is 2. The van der Waals surface area contributed by atoms with Crippen molar-refractivity contribution in [2.45, 2.75) is 31.6 Å². The summed E-state index contributed by atoms with van der Waals surface area (Å²) in [6, 6.07) is 18.6. The largest absolute Gasteiger partial charge is 0.497 e. The van der Waals surface area contributed by atoms with Gasteiger partial charge >= 0.3 is 6.18 Å². The molecule has 1 fully saturated rings. The number of rotatable bonds is 7. The highest BCUT2D eigenvalue weighted by Gasteiger charge is 2.69. The van der Waals surface area contributed by atoms with Gasteiger partial charge in [-0.25, -0.2) is 15.4 Å². The normalized spacial score (nSPS) is 19.2. The molecule has 12 heteroatoms. The molecule has 1 saturated heterocycles. The molecule has 8 nitrogen and oxygen atoms in total. The zero-order chi connectivity index (χ0) is 30.5. The van der Waals surface area contributed by atoms with Gasteiger partial charge in [0.2, 0.25) is 11.6 Å². The number of halogens is 3. The molecule has 0 radical (unpaired) electrons. The zero-order valence-corrected chi connectivity index (χ0v) is 24.4. The van der Waals surface area contributed by atoms with Gasteiger partial charge in [-0.3, -0.25) is 9.59 Å². The van der Waals surface area contributed by atoms with Gasteiger partial charge in [-0.2, -0.15) is 13.2 Å². The summed E-state index contributed by atoms with van der Waals surface area (Å²) in [5, 5.41) is 4.39. The molecule has 2 aliphatic rings. The number of thiazole rings is 1. The quantitative estimate of drug-likeness (QED) is 0.263. The molecule has 1 aromatic heterocycles. The number of aromatic nitrogens is 1. The van der Waals surface area contributed by atoms with Crippen molar-refractivity contribution in [1.82, 2.24) is 15.4 Å². The van der Waals surface area contributed by atoms with Crippen LogP contribution in [0.25, 0.3) is 11.3 Å². The number of benzene rings is 3. The monoisotopic (exact) mass is 607 g/mol. The Labute approximate surface area is 250 Å². The van der Waals surface area contributed by atoms with Crippen LogP contribution >= 0.6 is 11.3 Å². The van der Waals surface area contributed by atoms with E-state index in [-0.39, 0.29) is 23.8 Å². The van der Waals surface area contributed by atoms with Gasteiger partial charge in [0.05, 0.1) is 19.2 Å². The van der Waals surface area contributed by atoms with Crippen LogP contribution in [0.3, 0.4) is 0 Å². The molecule has 2 unspecified atom stereocenters. The lowest BCUT2D eigenvalue weighted by Gasteiger charge is -2.20. The molecule has 2 N–H and O–H groups in total. The summed E-state index contributed by atoms with van der Waals surface area (Å²) in [6.45, 7) is 2.40. The lowest BCUT2D eigenvalue weighted by atomic mass is 10.0. The summed E-state index contributed by atoms with van der Waals surface area (Å²) in [6.07, 6.45) is -3.66. The van der Waals surface area contributed by atoms with Gasteiger partial charge in [-0.15, -0.1) is 11.3 Å². The Bertz CT molecular complexity index is 1710. The Morgan fingerprint density at radius 2 is 1.79 bits per heavy atom. The smallest absolute Gasteiger partial charge is 0.426 e. The molecule has 6 rings (SSSR count). The molecule has 3 heterocycles. The SMILES string of the molecule is COc1ccc(CC(=O)Nc2nc(-c3ccc4c(c3)CCN4C(=O)c3ccc(C4(C(F)(F)F)NN4C)cc3)c(C)s2)cc1. The van der Waals surface area contributed by atoms with Crippen molar-refractivity contribution >= 4 is 34.0 Å². The van der Waals surface area contributed by atoms with Gasteiger partial charge in [0.1, 0.15) is 5.75 Å². The number of hydrogen-bond donors (Lipinski definition) is 2. The van der Waals surface area contributed by atoms with E-state index in [0.29, 0.717) is 23.7 Å². The molecule has 2 atom stereocenters. The molecule has 0 aliphatic carbocycles. The molecular formula is C31H28F3N5O3S. The number of carbonyl (C=O) groups excluding carboxylic acids is 2. The third-order valence-corrected chi connectivity index (χ3v) is 8.69.